The molecule has 1 aromatic rings. The number of rotatable bonds is 8. The number of hydrogen-bond acceptors (Lipinski definition) is 7. The quantitative estimate of drug-likeness (QED) is 0.434. The number of alkyl halides is 3. The molecule has 0 fully saturated rings. The van der Waals surface area contributed by atoms with E-state index >= 15 is 0 Å². The molecule has 0 saturated carbocycles. The van der Waals surface area contributed by atoms with E-state index < -0.39 is 12.6 Å². The van der Waals surface area contributed by atoms with E-state index in [1.165, 1.54) is 11.4 Å². The monoisotopic (exact) mass is 538 g/mol. The zero-order valence-corrected chi connectivity index (χ0v) is 23.3. The van der Waals surface area contributed by atoms with Crippen molar-refractivity contribution in [3.63, 3.8) is 0 Å². The Morgan fingerprint density at radius 2 is 1.78 bits per heavy atom. The number of carbonyl (C=O) groups is 1. The smallest absolute Gasteiger partial charge is 0.392 e. The van der Waals surface area contributed by atoms with Crippen LogP contribution in [0.2, 0.25) is 0 Å². The van der Waals surface area contributed by atoms with Crippen molar-refractivity contribution < 1.29 is 30.3 Å². The molecule has 0 saturated heterocycles. The van der Waals surface area contributed by atoms with Gasteiger partial charge in [0.2, 0.25) is 5.88 Å². The number of ether oxygens (including phenoxy) is 2. The van der Waals surface area contributed by atoms with Crippen molar-refractivity contribution in [3.8, 4) is 5.88 Å². The Morgan fingerprint density at radius 3 is 2.24 bits per heavy atom. The summed E-state index contributed by atoms with van der Waals surface area (Å²) < 4.78 is 44.7. The van der Waals surface area contributed by atoms with Crippen LogP contribution in [0.25, 0.3) is 0 Å². The molecule has 1 aromatic heterocycles. The molecule has 0 aromatic carbocycles. The highest BCUT2D eigenvalue weighted by atomic mass is 19.4. The summed E-state index contributed by atoms with van der Waals surface area (Å²) in [7, 11) is 7.37. The molecule has 0 aliphatic carbocycles. The number of pyridine rings is 1. The Bertz CT molecular complexity index is 796. The van der Waals surface area contributed by atoms with Gasteiger partial charge in [0.05, 0.1) is 13.0 Å². The third-order valence-corrected chi connectivity index (χ3v) is 4.73. The van der Waals surface area contributed by atoms with Crippen LogP contribution in [0, 0.1) is 19.8 Å². The second-order valence-corrected chi connectivity index (χ2v) is 8.66. The molecule has 0 spiro atoms. The van der Waals surface area contributed by atoms with Gasteiger partial charge < -0.3 is 29.8 Å². The van der Waals surface area contributed by atoms with Crippen molar-refractivity contribution in [2.45, 2.75) is 60.7 Å². The lowest BCUT2D eigenvalue weighted by Gasteiger charge is -2.29. The minimum Gasteiger partial charge on any atom is -0.477 e. The predicted molar refractivity (Wildman–Crippen MR) is 151 cm³/mol. The highest BCUT2D eigenvalue weighted by Crippen LogP contribution is 2.21. The van der Waals surface area contributed by atoms with Crippen molar-refractivity contribution in [2.24, 2.45) is 5.92 Å². The Labute approximate surface area is 225 Å². The summed E-state index contributed by atoms with van der Waals surface area (Å²) >= 11 is 0. The first-order valence-electron chi connectivity index (χ1n) is 11.7. The molecule has 0 bridgehead atoms. The number of halogens is 3. The summed E-state index contributed by atoms with van der Waals surface area (Å²) in [6.07, 6.45) is 0.950. The standard InChI is InChI=1S/C13H25N3.C10H12F3NO.C2H6O.CH2O.CH4.2H2/c1-10(2)9-15-13-8-12(11(3)14-4)6-7-16(13)5;1-7-5-8(2)9(14-6-7)15-4-3-10(11,12)13;1-3-2;1-2;;;/h6,8,10-11,14-15H,7,9H2,1-5H3;5-6H,3-4H2,1-2H3;1-2H3;1H2;1H4;2*1H. The molecule has 0 radical (unpaired) electrons. The fourth-order valence-corrected chi connectivity index (χ4v) is 2.75. The van der Waals surface area contributed by atoms with Crippen LogP contribution in [0.5, 0.6) is 5.88 Å². The fraction of sp³-hybridized carbons (Fsp3) is 0.630. The van der Waals surface area contributed by atoms with E-state index in [2.05, 4.69) is 65.2 Å². The molecule has 1 unspecified atom stereocenters. The lowest BCUT2D eigenvalue weighted by Crippen LogP contribution is -2.35. The van der Waals surface area contributed by atoms with Gasteiger partial charge in [-0.1, -0.05) is 27.4 Å². The van der Waals surface area contributed by atoms with Crippen LogP contribution in [0.15, 0.2) is 35.8 Å². The molecule has 1 aliphatic rings. The number of carbonyl (C=O) groups excluding carboxylic acids is 1. The zero-order valence-electron chi connectivity index (χ0n) is 23.3. The first kappa shape index (κ1) is 38.9. The normalized spacial score (nSPS) is 13.2. The number of methoxy groups -OCH3 is 1. The second kappa shape index (κ2) is 21.5. The number of nitrogens with one attached hydrogen (secondary N) is 2. The largest absolute Gasteiger partial charge is 0.477 e. The van der Waals surface area contributed by atoms with Crippen molar-refractivity contribution >= 4 is 6.79 Å². The van der Waals surface area contributed by atoms with Gasteiger partial charge in [0.15, 0.2) is 0 Å². The minimum absolute atomic E-state index is 0. The Hall–Kier alpha value is -2.59. The summed E-state index contributed by atoms with van der Waals surface area (Å²) in [6.45, 7) is 13.9. The van der Waals surface area contributed by atoms with Crippen molar-refractivity contribution in [1.82, 2.24) is 20.5 Å². The lowest BCUT2D eigenvalue weighted by atomic mass is 10.1. The van der Waals surface area contributed by atoms with E-state index in [1.807, 2.05) is 26.8 Å². The van der Waals surface area contributed by atoms with Gasteiger partial charge in [-0.05, 0) is 57.0 Å². The molecule has 1 atom stereocenters. The van der Waals surface area contributed by atoms with E-state index in [0.29, 0.717) is 12.0 Å². The Morgan fingerprint density at radius 1 is 1.22 bits per heavy atom. The summed E-state index contributed by atoms with van der Waals surface area (Å²) in [5.41, 5.74) is 3.07. The predicted octanol–water partition coefficient (Wildman–Crippen LogP) is 5.79. The average Bonchev–Trinajstić information content (AvgIpc) is 2.81. The highest BCUT2D eigenvalue weighted by Gasteiger charge is 2.27. The second-order valence-electron chi connectivity index (χ2n) is 8.66. The molecule has 2 heterocycles. The van der Waals surface area contributed by atoms with E-state index in [-0.39, 0.29) is 22.8 Å². The van der Waals surface area contributed by atoms with Crippen LogP contribution in [0.4, 0.5) is 13.2 Å². The van der Waals surface area contributed by atoms with Gasteiger partial charge in [-0.2, -0.15) is 13.2 Å². The van der Waals surface area contributed by atoms with Crippen LogP contribution >= 0.6 is 0 Å². The van der Waals surface area contributed by atoms with Gasteiger partial charge in [0.1, 0.15) is 12.6 Å². The topological polar surface area (TPSA) is 75.7 Å². The fourth-order valence-electron chi connectivity index (χ4n) is 2.75. The van der Waals surface area contributed by atoms with Gasteiger partial charge in [-0.15, -0.1) is 0 Å². The third kappa shape index (κ3) is 19.2. The molecular weight excluding hydrogens is 485 g/mol. The maximum Gasteiger partial charge on any atom is 0.392 e. The third-order valence-electron chi connectivity index (χ3n) is 4.73. The number of aryl methyl sites for hydroxylation is 2. The molecule has 10 heteroatoms. The van der Waals surface area contributed by atoms with E-state index in [4.69, 9.17) is 9.53 Å². The van der Waals surface area contributed by atoms with E-state index in [9.17, 15) is 13.2 Å². The maximum atomic E-state index is 11.8. The molecule has 37 heavy (non-hydrogen) atoms. The van der Waals surface area contributed by atoms with Crippen molar-refractivity contribution in [2.75, 3.05) is 48.0 Å². The summed E-state index contributed by atoms with van der Waals surface area (Å²) in [6, 6.07) is 2.24. The van der Waals surface area contributed by atoms with Gasteiger partial charge in [0, 0.05) is 55.0 Å². The molecule has 1 aliphatic heterocycles. The van der Waals surface area contributed by atoms with Crippen LogP contribution in [0.3, 0.4) is 0 Å². The lowest BCUT2D eigenvalue weighted by molar-refractivity contribution is -0.139. The molecule has 2 N–H and O–H groups in total. The van der Waals surface area contributed by atoms with Gasteiger partial charge in [0.25, 0.3) is 0 Å². The summed E-state index contributed by atoms with van der Waals surface area (Å²) in [4.78, 5) is 14.2. The molecule has 7 nitrogen and oxygen atoms in total. The Balaban J connectivity index is -0.000000159. The molecule has 220 valence electrons. The zero-order chi connectivity index (χ0) is 28.3. The molecule has 2 rings (SSSR count). The molecule has 0 amide bonds. The van der Waals surface area contributed by atoms with Crippen LogP contribution in [-0.2, 0) is 9.53 Å². The van der Waals surface area contributed by atoms with Crippen LogP contribution in [0.1, 0.15) is 48.6 Å². The van der Waals surface area contributed by atoms with Crippen molar-refractivity contribution in [3.05, 3.63) is 46.9 Å². The van der Waals surface area contributed by atoms with Crippen LogP contribution < -0.4 is 15.4 Å². The first-order chi connectivity index (χ1) is 16.8. The number of nitrogens with zero attached hydrogens (tertiary/aromatic N) is 2. The van der Waals surface area contributed by atoms with E-state index in [0.717, 1.165) is 24.2 Å². The number of hydrogen-bond donors (Lipinski definition) is 2. The van der Waals surface area contributed by atoms with Gasteiger partial charge >= 0.3 is 6.18 Å². The average molecular weight is 539 g/mol. The highest BCUT2D eigenvalue weighted by molar-refractivity contribution is 5.31. The SMILES string of the molecule is C.C=O.CNC(C)C1=CCN(C)C(NCC(C)C)=C1.COC.Cc1cnc(OCCC(F)(F)F)c(C)c1.[HH].[HH]. The Kier molecular flexibility index (Phi) is 22.6. The maximum absolute atomic E-state index is 11.8. The summed E-state index contributed by atoms with van der Waals surface area (Å²) in [5, 5.41) is 6.77. The van der Waals surface area contributed by atoms with E-state index in [1.54, 1.807) is 27.3 Å². The van der Waals surface area contributed by atoms with Gasteiger partial charge in [-0.3, -0.25) is 0 Å². The first-order valence-corrected chi connectivity index (χ1v) is 11.7. The summed E-state index contributed by atoms with van der Waals surface area (Å²) in [5.74, 6) is 2.17. The number of likely N-dealkylation sites (N-methyl/N-ethyl adjacent to an activating group) is 2. The number of aromatic nitrogens is 1. The van der Waals surface area contributed by atoms with Crippen LogP contribution in [-0.4, -0.2) is 76.9 Å². The minimum atomic E-state index is -4.18. The molecular formula is C27H53F3N4O3. The van der Waals surface area contributed by atoms with Gasteiger partial charge in [-0.25, -0.2) is 4.98 Å². The van der Waals surface area contributed by atoms with Crippen molar-refractivity contribution in [1.29, 1.82) is 0 Å².